The highest BCUT2D eigenvalue weighted by Gasteiger charge is 2.18. The number of aliphatic hydroxyl groups is 1. The molecule has 2 rings (SSSR count). The molecule has 1 saturated carbocycles. The molecular weight excluding hydrogens is 164 g/mol. The van der Waals surface area contributed by atoms with E-state index in [9.17, 15) is 0 Å². The first kappa shape index (κ1) is 8.63. The largest absolute Gasteiger partial charge is 0.390 e. The second-order valence-electron chi connectivity index (χ2n) is 3.57. The average Bonchev–Trinajstić information content (AvgIpc) is 2.71. The number of aliphatic hydroxyl groups excluding tert-OH is 1. The molecule has 1 aromatic rings. The molecule has 0 saturated heterocycles. The van der Waals surface area contributed by atoms with E-state index in [1.165, 1.54) is 25.7 Å². The van der Waals surface area contributed by atoms with E-state index >= 15 is 0 Å². The third-order valence-electron chi connectivity index (χ3n) is 2.68. The molecule has 1 fully saturated rings. The molecule has 1 heterocycles. The molecule has 3 nitrogen and oxygen atoms in total. The summed E-state index contributed by atoms with van der Waals surface area (Å²) in [6.45, 7) is 0.0161. The summed E-state index contributed by atoms with van der Waals surface area (Å²) in [5, 5.41) is 8.91. The summed E-state index contributed by atoms with van der Waals surface area (Å²) in [4.78, 5) is 8.22. The quantitative estimate of drug-likeness (QED) is 0.748. The molecule has 3 heteroatoms. The van der Waals surface area contributed by atoms with Crippen LogP contribution in [-0.4, -0.2) is 15.1 Å². The lowest BCUT2D eigenvalue weighted by Gasteiger charge is -2.07. The fourth-order valence-electron chi connectivity index (χ4n) is 1.95. The summed E-state index contributed by atoms with van der Waals surface area (Å²) >= 11 is 0. The van der Waals surface area contributed by atoms with E-state index < -0.39 is 0 Å². The minimum atomic E-state index is 0.0161. The maximum absolute atomic E-state index is 8.91. The summed E-state index contributed by atoms with van der Waals surface area (Å²) < 4.78 is 0. The Morgan fingerprint density at radius 2 is 2.08 bits per heavy atom. The molecule has 1 aliphatic carbocycles. The van der Waals surface area contributed by atoms with Gasteiger partial charge in [0.25, 0.3) is 0 Å². The van der Waals surface area contributed by atoms with Crippen molar-refractivity contribution in [1.29, 1.82) is 0 Å². The molecule has 13 heavy (non-hydrogen) atoms. The Morgan fingerprint density at radius 1 is 1.31 bits per heavy atom. The van der Waals surface area contributed by atoms with Gasteiger partial charge in [-0.25, -0.2) is 9.97 Å². The van der Waals surface area contributed by atoms with Gasteiger partial charge in [-0.3, -0.25) is 0 Å². The highest BCUT2D eigenvalue weighted by atomic mass is 16.3. The topological polar surface area (TPSA) is 46.0 Å². The van der Waals surface area contributed by atoms with Crippen LogP contribution in [-0.2, 0) is 6.61 Å². The van der Waals surface area contributed by atoms with E-state index in [1.807, 2.05) is 6.07 Å². The maximum Gasteiger partial charge on any atom is 0.116 e. The zero-order chi connectivity index (χ0) is 9.10. The zero-order valence-corrected chi connectivity index (χ0v) is 7.61. The van der Waals surface area contributed by atoms with E-state index in [0.29, 0.717) is 5.92 Å². The van der Waals surface area contributed by atoms with E-state index in [1.54, 1.807) is 6.33 Å². The predicted octanol–water partition coefficient (Wildman–Crippen LogP) is 1.63. The molecule has 1 aliphatic rings. The molecule has 0 bridgehead atoms. The normalized spacial score (nSPS) is 17.9. The van der Waals surface area contributed by atoms with E-state index in [0.717, 1.165) is 11.4 Å². The van der Waals surface area contributed by atoms with Crippen LogP contribution < -0.4 is 0 Å². The minimum absolute atomic E-state index is 0.0161. The summed E-state index contributed by atoms with van der Waals surface area (Å²) in [5.74, 6) is 0.605. The second kappa shape index (κ2) is 3.83. The average molecular weight is 178 g/mol. The molecular formula is C10H14N2O. The van der Waals surface area contributed by atoms with Crippen molar-refractivity contribution in [2.75, 3.05) is 0 Å². The van der Waals surface area contributed by atoms with Crippen LogP contribution in [0.15, 0.2) is 12.4 Å². The molecule has 0 amide bonds. The van der Waals surface area contributed by atoms with Gasteiger partial charge in [0.2, 0.25) is 0 Å². The van der Waals surface area contributed by atoms with Crippen LogP contribution in [0, 0.1) is 0 Å². The number of aromatic nitrogens is 2. The molecule has 1 N–H and O–H groups in total. The minimum Gasteiger partial charge on any atom is -0.390 e. The van der Waals surface area contributed by atoms with Crippen LogP contribution in [0.4, 0.5) is 0 Å². The number of hydrogen-bond acceptors (Lipinski definition) is 3. The fourth-order valence-corrected chi connectivity index (χ4v) is 1.95. The van der Waals surface area contributed by atoms with Crippen molar-refractivity contribution in [1.82, 2.24) is 9.97 Å². The van der Waals surface area contributed by atoms with Gasteiger partial charge in [-0.05, 0) is 18.9 Å². The van der Waals surface area contributed by atoms with Gasteiger partial charge in [0.05, 0.1) is 12.3 Å². The molecule has 1 aromatic heterocycles. The molecule has 0 unspecified atom stereocenters. The molecule has 0 aliphatic heterocycles. The molecule has 0 radical (unpaired) electrons. The summed E-state index contributed by atoms with van der Waals surface area (Å²) in [7, 11) is 0. The fraction of sp³-hybridized carbons (Fsp3) is 0.600. The van der Waals surface area contributed by atoms with E-state index in [-0.39, 0.29) is 6.61 Å². The monoisotopic (exact) mass is 178 g/mol. The smallest absolute Gasteiger partial charge is 0.116 e. The van der Waals surface area contributed by atoms with Crippen molar-refractivity contribution >= 4 is 0 Å². The standard InChI is InChI=1S/C10H14N2O/c13-6-9-5-10(12-7-11-9)8-3-1-2-4-8/h5,7-8,13H,1-4,6H2. The lowest BCUT2D eigenvalue weighted by Crippen LogP contribution is -1.99. The van der Waals surface area contributed by atoms with Crippen LogP contribution >= 0.6 is 0 Å². The number of hydrogen-bond donors (Lipinski definition) is 1. The first-order valence-corrected chi connectivity index (χ1v) is 4.82. The summed E-state index contributed by atoms with van der Waals surface area (Å²) in [6, 6.07) is 1.93. The van der Waals surface area contributed by atoms with Crippen molar-refractivity contribution in [3.63, 3.8) is 0 Å². The first-order valence-electron chi connectivity index (χ1n) is 4.82. The van der Waals surface area contributed by atoms with Crippen LogP contribution in [0.25, 0.3) is 0 Å². The van der Waals surface area contributed by atoms with Gasteiger partial charge in [-0.1, -0.05) is 12.8 Å². The van der Waals surface area contributed by atoms with Crippen molar-refractivity contribution < 1.29 is 5.11 Å². The molecule has 0 atom stereocenters. The predicted molar refractivity (Wildman–Crippen MR) is 49.2 cm³/mol. The van der Waals surface area contributed by atoms with E-state index in [4.69, 9.17) is 5.11 Å². The number of nitrogens with zero attached hydrogens (tertiary/aromatic N) is 2. The van der Waals surface area contributed by atoms with Gasteiger partial charge in [-0.2, -0.15) is 0 Å². The Hall–Kier alpha value is -0.960. The Bertz CT molecular complexity index is 282. The molecule has 0 spiro atoms. The maximum atomic E-state index is 8.91. The van der Waals surface area contributed by atoms with E-state index in [2.05, 4.69) is 9.97 Å². The highest BCUT2D eigenvalue weighted by molar-refractivity contribution is 5.13. The van der Waals surface area contributed by atoms with Crippen LogP contribution in [0.3, 0.4) is 0 Å². The van der Waals surface area contributed by atoms with Gasteiger partial charge in [0.15, 0.2) is 0 Å². The summed E-state index contributed by atoms with van der Waals surface area (Å²) in [5.41, 5.74) is 1.84. The van der Waals surface area contributed by atoms with Crippen LogP contribution in [0.1, 0.15) is 43.0 Å². The van der Waals surface area contributed by atoms with Gasteiger partial charge in [0.1, 0.15) is 6.33 Å². The highest BCUT2D eigenvalue weighted by Crippen LogP contribution is 2.32. The van der Waals surface area contributed by atoms with Crippen molar-refractivity contribution in [2.24, 2.45) is 0 Å². The molecule has 70 valence electrons. The third kappa shape index (κ3) is 1.86. The Labute approximate surface area is 77.8 Å². The van der Waals surface area contributed by atoms with Gasteiger partial charge >= 0.3 is 0 Å². The second-order valence-corrected chi connectivity index (χ2v) is 3.57. The van der Waals surface area contributed by atoms with Gasteiger partial charge in [-0.15, -0.1) is 0 Å². The Morgan fingerprint density at radius 3 is 2.77 bits per heavy atom. The third-order valence-corrected chi connectivity index (χ3v) is 2.68. The van der Waals surface area contributed by atoms with Gasteiger partial charge in [0, 0.05) is 11.6 Å². The zero-order valence-electron chi connectivity index (χ0n) is 7.61. The Kier molecular flexibility index (Phi) is 2.54. The first-order chi connectivity index (χ1) is 6.40. The SMILES string of the molecule is OCc1cc(C2CCCC2)ncn1. The lowest BCUT2D eigenvalue weighted by molar-refractivity contribution is 0.276. The lowest BCUT2D eigenvalue weighted by atomic mass is 10.0. The summed E-state index contributed by atoms with van der Waals surface area (Å²) in [6.07, 6.45) is 6.65. The molecule has 0 aromatic carbocycles. The number of rotatable bonds is 2. The van der Waals surface area contributed by atoms with Gasteiger partial charge < -0.3 is 5.11 Å². The Balaban J connectivity index is 2.18. The van der Waals surface area contributed by atoms with Crippen molar-refractivity contribution in [3.05, 3.63) is 23.8 Å². The van der Waals surface area contributed by atoms with Crippen LogP contribution in [0.5, 0.6) is 0 Å². The van der Waals surface area contributed by atoms with Crippen molar-refractivity contribution in [3.8, 4) is 0 Å². The van der Waals surface area contributed by atoms with Crippen LogP contribution in [0.2, 0.25) is 0 Å². The van der Waals surface area contributed by atoms with Crippen molar-refractivity contribution in [2.45, 2.75) is 38.2 Å².